The smallest absolute Gasteiger partial charge is 0.219 e. The van der Waals surface area contributed by atoms with Crippen molar-refractivity contribution in [1.82, 2.24) is 25.1 Å². The van der Waals surface area contributed by atoms with E-state index >= 15 is 0 Å². The molecule has 0 saturated heterocycles. The van der Waals surface area contributed by atoms with Crippen LogP contribution in [0.5, 0.6) is 0 Å². The maximum absolute atomic E-state index is 11.9. The summed E-state index contributed by atoms with van der Waals surface area (Å²) in [7, 11) is 0. The van der Waals surface area contributed by atoms with Crippen LogP contribution in [0.3, 0.4) is 0 Å². The topological polar surface area (TPSA) is 72.7 Å². The number of nitrogens with zero attached hydrogens (tertiary/aromatic N) is 4. The summed E-state index contributed by atoms with van der Waals surface area (Å²) in [6.07, 6.45) is 3.40. The lowest BCUT2D eigenvalue weighted by Gasteiger charge is -2.09. The molecule has 2 aromatic heterocycles. The van der Waals surface area contributed by atoms with E-state index in [0.29, 0.717) is 17.5 Å². The van der Waals surface area contributed by atoms with E-state index < -0.39 is 0 Å². The van der Waals surface area contributed by atoms with Crippen molar-refractivity contribution in [1.29, 1.82) is 0 Å². The number of carbonyl (C=O) groups is 1. The van der Waals surface area contributed by atoms with E-state index in [9.17, 15) is 4.79 Å². The van der Waals surface area contributed by atoms with Crippen molar-refractivity contribution in [3.8, 4) is 0 Å². The van der Waals surface area contributed by atoms with Gasteiger partial charge in [0.2, 0.25) is 11.1 Å². The summed E-state index contributed by atoms with van der Waals surface area (Å²) >= 11 is 1.61. The molecule has 7 heteroatoms. The number of fused-ring (bicyclic) bond motifs is 3. The minimum absolute atomic E-state index is 0.144. The van der Waals surface area contributed by atoms with Crippen molar-refractivity contribution < 1.29 is 4.79 Å². The number of hydrogen-bond donors (Lipinski definition) is 1. The van der Waals surface area contributed by atoms with E-state index in [1.54, 1.807) is 11.8 Å². The Hall–Kier alpha value is -2.93. The number of unbranched alkanes of at least 4 members (excludes halogenated alkanes) is 1. The summed E-state index contributed by atoms with van der Waals surface area (Å²) in [6.45, 7) is 7.98. The second-order valence-corrected chi connectivity index (χ2v) is 10.2. The van der Waals surface area contributed by atoms with Gasteiger partial charge in [-0.25, -0.2) is 4.98 Å². The molecule has 0 aliphatic rings. The third kappa shape index (κ3) is 5.95. The Morgan fingerprint density at radius 1 is 1.06 bits per heavy atom. The molecule has 0 fully saturated rings. The standard InChI is InChI=1S/C27H33N5OS/c1-19(2)15-16-28-24(33)14-8-9-17-34-27-29-26-25(30-31-27)22-12-6-7-13-23(22)32(26)18-21-11-5-4-10-20(21)3/h4-7,10-13,19H,8-9,14-18H2,1-3H3,(H,28,33). The lowest BCUT2D eigenvalue weighted by molar-refractivity contribution is -0.121. The van der Waals surface area contributed by atoms with E-state index in [-0.39, 0.29) is 5.91 Å². The van der Waals surface area contributed by atoms with Crippen molar-refractivity contribution in [2.45, 2.75) is 58.2 Å². The molecule has 4 aromatic rings. The molecule has 2 heterocycles. The predicted octanol–water partition coefficient (Wildman–Crippen LogP) is 5.76. The zero-order valence-electron chi connectivity index (χ0n) is 20.3. The maximum Gasteiger partial charge on any atom is 0.219 e. The van der Waals surface area contributed by atoms with Gasteiger partial charge in [-0.2, -0.15) is 0 Å². The second kappa shape index (κ2) is 11.5. The van der Waals surface area contributed by atoms with Gasteiger partial charge in [0.25, 0.3) is 0 Å². The number of thioether (sulfide) groups is 1. The van der Waals surface area contributed by atoms with E-state index in [1.807, 2.05) is 6.07 Å². The summed E-state index contributed by atoms with van der Waals surface area (Å²) in [5.74, 6) is 1.62. The first-order valence-corrected chi connectivity index (χ1v) is 13.1. The van der Waals surface area contributed by atoms with Crippen LogP contribution in [-0.4, -0.2) is 38.0 Å². The average molecular weight is 476 g/mol. The summed E-state index contributed by atoms with van der Waals surface area (Å²) in [5.41, 5.74) is 5.36. The Morgan fingerprint density at radius 2 is 1.85 bits per heavy atom. The Kier molecular flexibility index (Phi) is 8.16. The fraction of sp³-hybridized carbons (Fsp3) is 0.407. The number of rotatable bonds is 11. The van der Waals surface area contributed by atoms with Crippen LogP contribution < -0.4 is 5.32 Å². The molecule has 0 aliphatic heterocycles. The van der Waals surface area contributed by atoms with Crippen molar-refractivity contribution >= 4 is 39.7 Å². The number of aromatic nitrogens is 4. The molecular weight excluding hydrogens is 442 g/mol. The molecule has 2 aromatic carbocycles. The fourth-order valence-electron chi connectivity index (χ4n) is 4.01. The minimum atomic E-state index is 0.144. The van der Waals surface area contributed by atoms with Gasteiger partial charge in [0.05, 0.1) is 5.52 Å². The van der Waals surface area contributed by atoms with Gasteiger partial charge in [-0.1, -0.05) is 68.1 Å². The molecule has 0 unspecified atom stereocenters. The molecule has 6 nitrogen and oxygen atoms in total. The van der Waals surface area contributed by atoms with Gasteiger partial charge in [0.15, 0.2) is 5.65 Å². The zero-order chi connectivity index (χ0) is 23.9. The Balaban J connectivity index is 1.42. The van der Waals surface area contributed by atoms with Crippen molar-refractivity contribution in [2.75, 3.05) is 12.3 Å². The molecule has 1 amide bonds. The lowest BCUT2D eigenvalue weighted by Crippen LogP contribution is -2.24. The van der Waals surface area contributed by atoms with Crippen molar-refractivity contribution in [3.63, 3.8) is 0 Å². The summed E-state index contributed by atoms with van der Waals surface area (Å²) in [6, 6.07) is 16.7. The molecule has 0 saturated carbocycles. The van der Waals surface area contributed by atoms with E-state index in [2.05, 4.69) is 83.3 Å². The van der Waals surface area contributed by atoms with Crippen molar-refractivity contribution in [2.24, 2.45) is 5.92 Å². The monoisotopic (exact) mass is 475 g/mol. The quantitative estimate of drug-likeness (QED) is 0.220. The number of amides is 1. The molecule has 0 radical (unpaired) electrons. The molecular formula is C27H33N5OS. The van der Waals surface area contributed by atoms with Gasteiger partial charge in [0.1, 0.15) is 5.52 Å². The number of carbonyl (C=O) groups excluding carboxylic acids is 1. The van der Waals surface area contributed by atoms with E-state index in [0.717, 1.165) is 60.2 Å². The average Bonchev–Trinajstić information content (AvgIpc) is 3.13. The highest BCUT2D eigenvalue weighted by Crippen LogP contribution is 2.28. The van der Waals surface area contributed by atoms with Crippen LogP contribution >= 0.6 is 11.8 Å². The highest BCUT2D eigenvalue weighted by molar-refractivity contribution is 7.99. The first-order valence-electron chi connectivity index (χ1n) is 12.1. The lowest BCUT2D eigenvalue weighted by atomic mass is 10.1. The third-order valence-corrected chi connectivity index (χ3v) is 6.94. The SMILES string of the molecule is Cc1ccccc1Cn1c2ccccc2c2nnc(SCCCCC(=O)NCCC(C)C)nc21. The Bertz CT molecular complexity index is 1270. The fourth-order valence-corrected chi connectivity index (χ4v) is 4.79. The molecule has 0 bridgehead atoms. The van der Waals surface area contributed by atoms with Crippen LogP contribution in [-0.2, 0) is 11.3 Å². The molecule has 0 aliphatic carbocycles. The number of hydrogen-bond acceptors (Lipinski definition) is 5. The van der Waals surface area contributed by atoms with Crippen LogP contribution in [0, 0.1) is 12.8 Å². The van der Waals surface area contributed by atoms with Crippen LogP contribution in [0.25, 0.3) is 22.1 Å². The molecule has 0 spiro atoms. The van der Waals surface area contributed by atoms with Crippen LogP contribution in [0.2, 0.25) is 0 Å². The molecule has 34 heavy (non-hydrogen) atoms. The number of nitrogens with one attached hydrogen (secondary N) is 1. The van der Waals surface area contributed by atoms with Gasteiger partial charge in [0, 0.05) is 30.6 Å². The first-order chi connectivity index (χ1) is 16.5. The highest BCUT2D eigenvalue weighted by Gasteiger charge is 2.15. The molecule has 4 rings (SSSR count). The van der Waals surface area contributed by atoms with Gasteiger partial charge >= 0.3 is 0 Å². The summed E-state index contributed by atoms with van der Waals surface area (Å²) in [5, 5.41) is 13.7. The first kappa shape index (κ1) is 24.2. The van der Waals surface area contributed by atoms with Crippen molar-refractivity contribution in [3.05, 3.63) is 59.7 Å². The van der Waals surface area contributed by atoms with Crippen LogP contribution in [0.1, 0.15) is 50.7 Å². The Labute approximate surface area is 205 Å². The Morgan fingerprint density at radius 3 is 2.68 bits per heavy atom. The van der Waals surface area contributed by atoms with E-state index in [1.165, 1.54) is 11.1 Å². The molecule has 1 N–H and O–H groups in total. The second-order valence-electron chi connectivity index (χ2n) is 9.13. The predicted molar refractivity (Wildman–Crippen MR) is 140 cm³/mol. The summed E-state index contributed by atoms with van der Waals surface area (Å²) < 4.78 is 2.24. The number of para-hydroxylation sites is 1. The largest absolute Gasteiger partial charge is 0.356 e. The van der Waals surface area contributed by atoms with Crippen LogP contribution in [0.15, 0.2) is 53.7 Å². The van der Waals surface area contributed by atoms with Gasteiger partial charge < -0.3 is 9.88 Å². The molecule has 178 valence electrons. The van der Waals surface area contributed by atoms with E-state index in [4.69, 9.17) is 4.98 Å². The number of aryl methyl sites for hydroxylation is 1. The zero-order valence-corrected chi connectivity index (χ0v) is 21.1. The van der Waals surface area contributed by atoms with Gasteiger partial charge in [-0.3, -0.25) is 4.79 Å². The number of benzene rings is 2. The van der Waals surface area contributed by atoms with Gasteiger partial charge in [-0.05, 0) is 49.3 Å². The normalized spacial score (nSPS) is 11.5. The van der Waals surface area contributed by atoms with Gasteiger partial charge in [-0.15, -0.1) is 10.2 Å². The molecule has 0 atom stereocenters. The highest BCUT2D eigenvalue weighted by atomic mass is 32.2. The summed E-state index contributed by atoms with van der Waals surface area (Å²) in [4.78, 5) is 16.8. The maximum atomic E-state index is 11.9. The van der Waals surface area contributed by atoms with Crippen LogP contribution in [0.4, 0.5) is 0 Å². The minimum Gasteiger partial charge on any atom is -0.356 e. The third-order valence-electron chi connectivity index (χ3n) is 6.02.